The zero-order valence-electron chi connectivity index (χ0n) is 10.2. The lowest BCUT2D eigenvalue weighted by molar-refractivity contribution is -0.174. The third-order valence-corrected chi connectivity index (χ3v) is 3.41. The Kier molecular flexibility index (Phi) is 4.39. The van der Waals surface area contributed by atoms with Gasteiger partial charge in [0.1, 0.15) is 0 Å². The molecule has 0 aliphatic carbocycles. The number of nitrogens with zero attached hydrogens (tertiary/aromatic N) is 1. The van der Waals surface area contributed by atoms with Gasteiger partial charge in [0.25, 0.3) is 0 Å². The second-order valence-corrected chi connectivity index (χ2v) is 4.41. The van der Waals surface area contributed by atoms with Gasteiger partial charge < -0.3 is 9.64 Å². The fourth-order valence-electron chi connectivity index (χ4n) is 2.23. The van der Waals surface area contributed by atoms with Crippen molar-refractivity contribution in [3.63, 3.8) is 0 Å². The predicted octanol–water partition coefficient (Wildman–Crippen LogP) is 2.68. The molecular weight excluding hydrogens is 174 g/mol. The molecule has 2 nitrogen and oxygen atoms in total. The molecule has 0 N–H and O–H groups in total. The molecule has 0 saturated carbocycles. The third kappa shape index (κ3) is 2.48. The maximum absolute atomic E-state index is 5.66. The molecule has 2 fully saturated rings. The van der Waals surface area contributed by atoms with Gasteiger partial charge in [0.2, 0.25) is 0 Å². The summed E-state index contributed by atoms with van der Waals surface area (Å²) in [5.74, 6) is 0. The first-order valence-electron chi connectivity index (χ1n) is 6.10. The summed E-state index contributed by atoms with van der Waals surface area (Å²) in [6.45, 7) is 12.0. The molecule has 0 atom stereocenters. The molecule has 0 bridgehead atoms. The van der Waals surface area contributed by atoms with Gasteiger partial charge >= 0.3 is 0 Å². The molecule has 2 aliphatic heterocycles. The molecule has 84 valence electrons. The van der Waals surface area contributed by atoms with E-state index < -0.39 is 0 Å². The van der Waals surface area contributed by atoms with E-state index in [9.17, 15) is 0 Å². The van der Waals surface area contributed by atoms with Crippen molar-refractivity contribution in [2.75, 3.05) is 19.7 Å². The Morgan fingerprint density at radius 1 is 1.07 bits per heavy atom. The normalized spacial score (nSPS) is 25.5. The Bertz CT molecular complexity index is 154. The van der Waals surface area contributed by atoms with E-state index in [4.69, 9.17) is 4.74 Å². The molecule has 2 saturated heterocycles. The Morgan fingerprint density at radius 3 is 1.86 bits per heavy atom. The van der Waals surface area contributed by atoms with Crippen LogP contribution in [-0.2, 0) is 4.74 Å². The van der Waals surface area contributed by atoms with E-state index in [1.54, 1.807) is 0 Å². The van der Waals surface area contributed by atoms with E-state index >= 15 is 0 Å². The van der Waals surface area contributed by atoms with Crippen molar-refractivity contribution in [3.8, 4) is 0 Å². The minimum absolute atomic E-state index is 0.325. The van der Waals surface area contributed by atoms with Gasteiger partial charge in [-0.3, -0.25) is 0 Å². The van der Waals surface area contributed by atoms with E-state index in [1.807, 2.05) is 13.8 Å². The highest BCUT2D eigenvalue weighted by molar-refractivity contribution is 4.93. The molecule has 0 unspecified atom stereocenters. The smallest absolute Gasteiger partial charge is 0.0728 e. The molecule has 1 spiro atoms. The van der Waals surface area contributed by atoms with Gasteiger partial charge in [0.15, 0.2) is 0 Å². The van der Waals surface area contributed by atoms with E-state index in [2.05, 4.69) is 18.7 Å². The molecule has 2 rings (SSSR count). The largest absolute Gasteiger partial charge is 0.375 e. The topological polar surface area (TPSA) is 12.5 Å². The van der Waals surface area contributed by atoms with Gasteiger partial charge in [-0.05, 0) is 33.1 Å². The van der Waals surface area contributed by atoms with Crippen molar-refractivity contribution in [2.24, 2.45) is 0 Å². The molecule has 0 aromatic rings. The van der Waals surface area contributed by atoms with Crippen molar-refractivity contribution < 1.29 is 4.74 Å². The van der Waals surface area contributed by atoms with Crippen molar-refractivity contribution in [1.82, 2.24) is 4.90 Å². The highest BCUT2D eigenvalue weighted by atomic mass is 16.5. The Labute approximate surface area is 88.6 Å². The van der Waals surface area contributed by atoms with Crippen LogP contribution >= 0.6 is 0 Å². The fourth-order valence-corrected chi connectivity index (χ4v) is 2.23. The van der Waals surface area contributed by atoms with Gasteiger partial charge in [-0.2, -0.15) is 0 Å². The van der Waals surface area contributed by atoms with Crippen molar-refractivity contribution in [3.05, 3.63) is 0 Å². The Balaban J connectivity index is 0.000000461. The van der Waals surface area contributed by atoms with Crippen LogP contribution in [0, 0.1) is 0 Å². The van der Waals surface area contributed by atoms with Crippen LogP contribution in [0.25, 0.3) is 0 Å². The SMILES string of the molecule is CC.CC(C)N1CCC2(CCO2)CC1. The molecule has 0 radical (unpaired) electrons. The second-order valence-electron chi connectivity index (χ2n) is 4.41. The van der Waals surface area contributed by atoms with Gasteiger partial charge in [0.05, 0.1) is 12.2 Å². The number of hydrogen-bond donors (Lipinski definition) is 0. The highest BCUT2D eigenvalue weighted by Gasteiger charge is 2.41. The minimum Gasteiger partial charge on any atom is -0.375 e. The minimum atomic E-state index is 0.325. The van der Waals surface area contributed by atoms with Gasteiger partial charge in [-0.1, -0.05) is 13.8 Å². The van der Waals surface area contributed by atoms with Crippen LogP contribution in [0.1, 0.15) is 47.0 Å². The summed E-state index contributed by atoms with van der Waals surface area (Å²) in [7, 11) is 0. The van der Waals surface area contributed by atoms with Crippen molar-refractivity contribution in [2.45, 2.75) is 58.6 Å². The van der Waals surface area contributed by atoms with E-state index in [-0.39, 0.29) is 0 Å². The number of rotatable bonds is 1. The summed E-state index contributed by atoms with van der Waals surface area (Å²) >= 11 is 0. The van der Waals surface area contributed by atoms with Gasteiger partial charge in [0, 0.05) is 19.1 Å². The van der Waals surface area contributed by atoms with Crippen LogP contribution in [-0.4, -0.2) is 36.2 Å². The monoisotopic (exact) mass is 199 g/mol. The summed E-state index contributed by atoms with van der Waals surface area (Å²) in [5, 5.41) is 0. The lowest BCUT2D eigenvalue weighted by Crippen LogP contribution is -2.53. The zero-order chi connectivity index (χ0) is 10.6. The lowest BCUT2D eigenvalue weighted by Gasteiger charge is -2.48. The summed E-state index contributed by atoms with van der Waals surface area (Å²) in [5.41, 5.74) is 0.325. The van der Waals surface area contributed by atoms with Crippen LogP contribution in [0.3, 0.4) is 0 Å². The van der Waals surface area contributed by atoms with Crippen LogP contribution in [0.5, 0.6) is 0 Å². The Hall–Kier alpha value is -0.0800. The molecule has 0 amide bonds. The standard InChI is InChI=1S/C10H19NO.C2H6/c1-9(2)11-6-3-10(4-7-11)5-8-12-10;1-2/h9H,3-8H2,1-2H3;1-2H3. The first-order valence-corrected chi connectivity index (χ1v) is 6.10. The highest BCUT2D eigenvalue weighted by Crippen LogP contribution is 2.36. The number of likely N-dealkylation sites (tertiary alicyclic amines) is 1. The third-order valence-electron chi connectivity index (χ3n) is 3.41. The number of hydrogen-bond acceptors (Lipinski definition) is 2. The lowest BCUT2D eigenvalue weighted by atomic mass is 9.84. The molecule has 0 aromatic carbocycles. The van der Waals surface area contributed by atoms with Crippen molar-refractivity contribution in [1.29, 1.82) is 0 Å². The Morgan fingerprint density at radius 2 is 1.57 bits per heavy atom. The first-order chi connectivity index (χ1) is 6.72. The van der Waals surface area contributed by atoms with Crippen LogP contribution in [0.15, 0.2) is 0 Å². The fraction of sp³-hybridized carbons (Fsp3) is 1.00. The molecule has 14 heavy (non-hydrogen) atoms. The van der Waals surface area contributed by atoms with Crippen LogP contribution in [0.2, 0.25) is 0 Å². The number of piperidine rings is 1. The van der Waals surface area contributed by atoms with E-state index in [0.29, 0.717) is 11.6 Å². The first kappa shape index (κ1) is 12.0. The molecule has 2 heterocycles. The van der Waals surface area contributed by atoms with Gasteiger partial charge in [-0.15, -0.1) is 0 Å². The molecule has 0 aromatic heterocycles. The maximum atomic E-state index is 5.66. The quantitative estimate of drug-likeness (QED) is 0.644. The maximum Gasteiger partial charge on any atom is 0.0728 e. The summed E-state index contributed by atoms with van der Waals surface area (Å²) < 4.78 is 5.66. The molecular formula is C12H25NO. The zero-order valence-corrected chi connectivity index (χ0v) is 10.2. The van der Waals surface area contributed by atoms with Crippen LogP contribution < -0.4 is 0 Å². The summed E-state index contributed by atoms with van der Waals surface area (Å²) in [6, 6.07) is 0.711. The van der Waals surface area contributed by atoms with Gasteiger partial charge in [-0.25, -0.2) is 0 Å². The predicted molar refractivity (Wildman–Crippen MR) is 60.6 cm³/mol. The molecule has 2 heteroatoms. The second kappa shape index (κ2) is 5.13. The van der Waals surface area contributed by atoms with E-state index in [1.165, 1.54) is 32.4 Å². The van der Waals surface area contributed by atoms with E-state index in [0.717, 1.165) is 6.61 Å². The van der Waals surface area contributed by atoms with Crippen LogP contribution in [0.4, 0.5) is 0 Å². The summed E-state index contributed by atoms with van der Waals surface area (Å²) in [4.78, 5) is 2.55. The molecule has 2 aliphatic rings. The number of ether oxygens (including phenoxy) is 1. The average Bonchev–Trinajstić information content (AvgIpc) is 2.19. The average molecular weight is 199 g/mol. The summed E-state index contributed by atoms with van der Waals surface area (Å²) in [6.07, 6.45) is 3.81. The van der Waals surface area contributed by atoms with Crippen molar-refractivity contribution >= 4 is 0 Å².